The second-order valence-electron chi connectivity index (χ2n) is 9.23. The van der Waals surface area contributed by atoms with Crippen molar-refractivity contribution < 1.29 is 9.66 Å². The summed E-state index contributed by atoms with van der Waals surface area (Å²) in [5, 5.41) is 16.7. The van der Waals surface area contributed by atoms with E-state index in [1.165, 1.54) is 17.0 Å². The van der Waals surface area contributed by atoms with Crippen molar-refractivity contribution in [2.75, 3.05) is 0 Å². The van der Waals surface area contributed by atoms with E-state index in [0.717, 1.165) is 14.5 Å². The lowest BCUT2D eigenvalue weighted by Gasteiger charge is -2.20. The molecular weight excluding hydrogens is 672 g/mol. The predicted molar refractivity (Wildman–Crippen MR) is 155 cm³/mol. The van der Waals surface area contributed by atoms with Gasteiger partial charge in [0, 0.05) is 26.0 Å². The first kappa shape index (κ1) is 27.2. The Hall–Kier alpha value is -2.89. The Morgan fingerprint density at radius 1 is 1.05 bits per heavy atom. The van der Waals surface area contributed by atoms with Crippen LogP contribution in [0.1, 0.15) is 37.7 Å². The molecule has 8 nitrogen and oxygen atoms in total. The Bertz CT molecular complexity index is 1590. The van der Waals surface area contributed by atoms with Crippen LogP contribution >= 0.6 is 47.8 Å². The number of nitrogens with zero attached hydrogens (tertiary/aromatic N) is 4. The van der Waals surface area contributed by atoms with Crippen LogP contribution in [0.15, 0.2) is 77.9 Å². The predicted octanol–water partition coefficient (Wildman–Crippen LogP) is 7.35. The second kappa shape index (κ2) is 10.8. The van der Waals surface area contributed by atoms with Crippen molar-refractivity contribution in [1.29, 1.82) is 0 Å². The molecule has 3 aromatic carbocycles. The minimum atomic E-state index is -0.513. The third-order valence-electron chi connectivity index (χ3n) is 5.34. The van der Waals surface area contributed by atoms with Gasteiger partial charge in [-0.1, -0.05) is 64.8 Å². The summed E-state index contributed by atoms with van der Waals surface area (Å²) in [6, 6.07) is 15.8. The molecule has 0 saturated carbocycles. The molecule has 0 saturated heterocycles. The summed E-state index contributed by atoms with van der Waals surface area (Å²) in [6.07, 6.45) is 1.40. The highest BCUT2D eigenvalue weighted by molar-refractivity contribution is 9.11. The van der Waals surface area contributed by atoms with Gasteiger partial charge in [-0.05, 0) is 57.9 Å². The van der Waals surface area contributed by atoms with Crippen molar-refractivity contribution in [3.63, 3.8) is 0 Å². The fraction of sp³-hybridized carbons (Fsp3) is 0.192. The molecule has 0 spiro atoms. The van der Waals surface area contributed by atoms with E-state index >= 15 is 0 Å². The highest BCUT2D eigenvalue weighted by Crippen LogP contribution is 2.37. The Kier molecular flexibility index (Phi) is 7.96. The van der Waals surface area contributed by atoms with E-state index in [2.05, 4.69) is 57.9 Å². The summed E-state index contributed by atoms with van der Waals surface area (Å²) in [5.74, 6) is 0.571. The topological polar surface area (TPSA) is 99.6 Å². The minimum absolute atomic E-state index is 0.106. The molecule has 4 rings (SSSR count). The Morgan fingerprint density at radius 2 is 1.73 bits per heavy atom. The lowest BCUT2D eigenvalue weighted by Crippen LogP contribution is -2.29. The highest BCUT2D eigenvalue weighted by Gasteiger charge is 2.24. The number of halogens is 3. The van der Waals surface area contributed by atoms with Crippen LogP contribution in [0.25, 0.3) is 10.9 Å². The molecule has 190 valence electrons. The maximum Gasteiger partial charge on any atom is 0.312 e. The molecule has 0 bridgehead atoms. The number of benzene rings is 3. The molecule has 1 aromatic heterocycles. The molecule has 0 aliphatic carbocycles. The standard InChI is InChI=1S/C26H21Br3N4O4/c1-26(2,3)25-31-21-9-8-18(28)12-19(21)24(34)32(25)30-13-16-10-20(29)23(22(11-16)33(35)36)37-14-15-4-6-17(27)7-5-15/h4-13H,14H2,1-3H3. The zero-order valence-electron chi connectivity index (χ0n) is 20.0. The number of hydrogen-bond acceptors (Lipinski definition) is 6. The molecule has 4 aromatic rings. The van der Waals surface area contributed by atoms with Gasteiger partial charge in [0.05, 0.1) is 26.5 Å². The van der Waals surface area contributed by atoms with Gasteiger partial charge in [-0.25, -0.2) is 4.98 Å². The zero-order chi connectivity index (χ0) is 26.9. The average Bonchev–Trinajstić information content (AvgIpc) is 2.83. The van der Waals surface area contributed by atoms with E-state index in [-0.39, 0.29) is 23.6 Å². The molecule has 37 heavy (non-hydrogen) atoms. The van der Waals surface area contributed by atoms with Crippen LogP contribution in [0.3, 0.4) is 0 Å². The summed E-state index contributed by atoms with van der Waals surface area (Å²) in [4.78, 5) is 29.4. The van der Waals surface area contributed by atoms with Crippen LogP contribution in [-0.2, 0) is 12.0 Å². The number of nitro benzene ring substituents is 1. The van der Waals surface area contributed by atoms with Gasteiger partial charge >= 0.3 is 5.69 Å². The normalized spacial score (nSPS) is 11.8. The van der Waals surface area contributed by atoms with E-state index in [0.29, 0.717) is 26.8 Å². The summed E-state index contributed by atoms with van der Waals surface area (Å²) >= 11 is 10.2. The van der Waals surface area contributed by atoms with Gasteiger partial charge in [-0.2, -0.15) is 9.78 Å². The van der Waals surface area contributed by atoms with Crippen LogP contribution < -0.4 is 10.3 Å². The first-order valence-electron chi connectivity index (χ1n) is 11.1. The first-order chi connectivity index (χ1) is 17.4. The molecule has 0 radical (unpaired) electrons. The maximum atomic E-state index is 13.4. The number of hydrogen-bond donors (Lipinski definition) is 0. The molecule has 0 atom stereocenters. The molecule has 0 unspecified atom stereocenters. The number of fused-ring (bicyclic) bond motifs is 1. The number of nitro groups is 1. The average molecular weight is 693 g/mol. The lowest BCUT2D eigenvalue weighted by molar-refractivity contribution is -0.386. The third kappa shape index (κ3) is 6.16. The molecule has 0 aliphatic heterocycles. The van der Waals surface area contributed by atoms with Crippen molar-refractivity contribution >= 4 is 70.6 Å². The Balaban J connectivity index is 1.74. The fourth-order valence-corrected chi connectivity index (χ4v) is 4.76. The van der Waals surface area contributed by atoms with E-state index in [9.17, 15) is 14.9 Å². The van der Waals surface area contributed by atoms with Crippen LogP contribution in [0.4, 0.5) is 5.69 Å². The largest absolute Gasteiger partial charge is 0.481 e. The Labute approximate surface area is 237 Å². The molecule has 0 fully saturated rings. The van der Waals surface area contributed by atoms with Gasteiger partial charge in [0.15, 0.2) is 0 Å². The lowest BCUT2D eigenvalue weighted by atomic mass is 9.95. The quantitative estimate of drug-likeness (QED) is 0.120. The molecule has 0 aliphatic rings. The van der Waals surface area contributed by atoms with E-state index < -0.39 is 10.3 Å². The van der Waals surface area contributed by atoms with Crippen LogP contribution in [0.5, 0.6) is 5.75 Å². The van der Waals surface area contributed by atoms with Crippen LogP contribution in [0, 0.1) is 10.1 Å². The van der Waals surface area contributed by atoms with Crippen molar-refractivity contribution in [3.8, 4) is 5.75 Å². The Morgan fingerprint density at radius 3 is 2.38 bits per heavy atom. The molecule has 11 heteroatoms. The van der Waals surface area contributed by atoms with Gasteiger partial charge in [-0.3, -0.25) is 14.9 Å². The van der Waals surface area contributed by atoms with Gasteiger partial charge in [-0.15, -0.1) is 0 Å². The van der Waals surface area contributed by atoms with E-state index in [4.69, 9.17) is 4.74 Å². The van der Waals surface area contributed by atoms with Crippen molar-refractivity contribution in [1.82, 2.24) is 9.66 Å². The summed E-state index contributed by atoms with van der Waals surface area (Å²) in [7, 11) is 0. The van der Waals surface area contributed by atoms with Crippen molar-refractivity contribution in [2.24, 2.45) is 5.10 Å². The van der Waals surface area contributed by atoms with Crippen LogP contribution in [-0.4, -0.2) is 20.8 Å². The molecule has 0 amide bonds. The van der Waals surface area contributed by atoms with Crippen molar-refractivity contribution in [3.05, 3.63) is 105 Å². The molecule has 0 N–H and O–H groups in total. The highest BCUT2D eigenvalue weighted by atomic mass is 79.9. The number of rotatable bonds is 6. The zero-order valence-corrected chi connectivity index (χ0v) is 24.8. The fourth-order valence-electron chi connectivity index (χ4n) is 3.55. The summed E-state index contributed by atoms with van der Waals surface area (Å²) in [6.45, 7) is 5.96. The summed E-state index contributed by atoms with van der Waals surface area (Å²) < 4.78 is 9.11. The number of ether oxygens (including phenoxy) is 1. The third-order valence-corrected chi connectivity index (χ3v) is 6.95. The van der Waals surface area contributed by atoms with Gasteiger partial charge < -0.3 is 4.74 Å². The smallest absolute Gasteiger partial charge is 0.312 e. The van der Waals surface area contributed by atoms with Gasteiger partial charge in [0.1, 0.15) is 12.4 Å². The van der Waals surface area contributed by atoms with Gasteiger partial charge in [0.2, 0.25) is 5.75 Å². The molecular formula is C26H21Br3N4O4. The second-order valence-corrected chi connectivity index (χ2v) is 11.9. The van der Waals surface area contributed by atoms with Gasteiger partial charge in [0.25, 0.3) is 5.56 Å². The van der Waals surface area contributed by atoms with E-state index in [1.54, 1.807) is 18.2 Å². The first-order valence-corrected chi connectivity index (χ1v) is 13.4. The molecule has 1 heterocycles. The van der Waals surface area contributed by atoms with Crippen LogP contribution in [0.2, 0.25) is 0 Å². The maximum absolute atomic E-state index is 13.4. The monoisotopic (exact) mass is 690 g/mol. The SMILES string of the molecule is CC(C)(C)c1nc2ccc(Br)cc2c(=O)n1N=Cc1cc(Br)c(OCc2ccc(Br)cc2)c([N+](=O)[O-])c1. The van der Waals surface area contributed by atoms with E-state index in [1.807, 2.05) is 51.1 Å². The van der Waals surface area contributed by atoms with Crippen molar-refractivity contribution in [2.45, 2.75) is 32.8 Å². The minimum Gasteiger partial charge on any atom is -0.481 e. The summed E-state index contributed by atoms with van der Waals surface area (Å²) in [5.41, 5.74) is 0.785. The number of aromatic nitrogens is 2.